The second-order valence-electron chi connectivity index (χ2n) is 3.96. The maximum absolute atomic E-state index is 9.87. The second-order valence-corrected chi connectivity index (χ2v) is 3.96. The number of hydrogen-bond acceptors (Lipinski definition) is 2. The highest BCUT2D eigenvalue weighted by molar-refractivity contribution is 5.87. The molecule has 2 aromatic carbocycles. The van der Waals surface area contributed by atoms with Gasteiger partial charge in [0.2, 0.25) is 0 Å². The van der Waals surface area contributed by atoms with E-state index >= 15 is 0 Å². The van der Waals surface area contributed by atoms with Gasteiger partial charge in [-0.15, -0.1) is 0 Å². The molecular weight excluding hydrogens is 198 g/mol. The summed E-state index contributed by atoms with van der Waals surface area (Å²) in [4.78, 5) is 0. The van der Waals surface area contributed by atoms with Crippen molar-refractivity contribution < 1.29 is 5.11 Å². The molecule has 2 aromatic rings. The molecule has 0 amide bonds. The second kappa shape index (κ2) is 4.99. The largest absolute Gasteiger partial charge is 0.508 e. The molecule has 0 aliphatic carbocycles. The molecular formula is C14H17NO. The van der Waals surface area contributed by atoms with Gasteiger partial charge in [-0.1, -0.05) is 37.3 Å². The summed E-state index contributed by atoms with van der Waals surface area (Å²) in [5.41, 5.74) is 0.992. The van der Waals surface area contributed by atoms with Gasteiger partial charge in [0.1, 0.15) is 5.75 Å². The van der Waals surface area contributed by atoms with E-state index in [-0.39, 0.29) is 0 Å². The summed E-state index contributed by atoms with van der Waals surface area (Å²) >= 11 is 0. The summed E-state index contributed by atoms with van der Waals surface area (Å²) in [5, 5.41) is 15.5. The van der Waals surface area contributed by atoms with Gasteiger partial charge in [0.25, 0.3) is 0 Å². The first kappa shape index (κ1) is 11.0. The van der Waals surface area contributed by atoms with E-state index in [2.05, 4.69) is 24.4 Å². The average molecular weight is 215 g/mol. The Hall–Kier alpha value is -1.54. The van der Waals surface area contributed by atoms with Crippen LogP contribution < -0.4 is 5.32 Å². The summed E-state index contributed by atoms with van der Waals surface area (Å²) in [7, 11) is 0. The number of phenolic OH excluding ortho intramolecular Hbond substituents is 1. The molecule has 84 valence electrons. The molecule has 0 unspecified atom stereocenters. The van der Waals surface area contributed by atoms with Crippen LogP contribution in [0.4, 0.5) is 0 Å². The zero-order valence-electron chi connectivity index (χ0n) is 9.53. The van der Waals surface area contributed by atoms with Crippen LogP contribution >= 0.6 is 0 Å². The van der Waals surface area contributed by atoms with E-state index in [9.17, 15) is 5.11 Å². The Morgan fingerprint density at radius 1 is 1.12 bits per heavy atom. The molecule has 0 saturated heterocycles. The zero-order chi connectivity index (χ0) is 11.4. The normalized spacial score (nSPS) is 10.8. The third-order valence-corrected chi connectivity index (χ3v) is 2.74. The quantitative estimate of drug-likeness (QED) is 0.768. The van der Waals surface area contributed by atoms with Gasteiger partial charge >= 0.3 is 0 Å². The van der Waals surface area contributed by atoms with Crippen LogP contribution in [0.5, 0.6) is 5.75 Å². The van der Waals surface area contributed by atoms with Crippen LogP contribution in [0.25, 0.3) is 10.8 Å². The van der Waals surface area contributed by atoms with Crippen molar-refractivity contribution in [1.82, 2.24) is 5.32 Å². The van der Waals surface area contributed by atoms with Crippen LogP contribution in [0.15, 0.2) is 36.4 Å². The molecule has 0 fully saturated rings. The first-order chi connectivity index (χ1) is 7.83. The molecule has 0 aliphatic heterocycles. The monoisotopic (exact) mass is 215 g/mol. The predicted molar refractivity (Wildman–Crippen MR) is 67.6 cm³/mol. The molecule has 0 aliphatic rings. The Labute approximate surface area is 95.9 Å². The molecule has 2 nitrogen and oxygen atoms in total. The van der Waals surface area contributed by atoms with Crippen molar-refractivity contribution in [3.05, 3.63) is 42.0 Å². The van der Waals surface area contributed by atoms with E-state index in [0.717, 1.165) is 30.5 Å². The van der Waals surface area contributed by atoms with E-state index < -0.39 is 0 Å². The minimum absolute atomic E-state index is 0.377. The Morgan fingerprint density at radius 3 is 2.75 bits per heavy atom. The van der Waals surface area contributed by atoms with Gasteiger partial charge in [0, 0.05) is 12.1 Å². The average Bonchev–Trinajstić information content (AvgIpc) is 2.32. The standard InChI is InChI=1S/C14H17NO/c1-2-9-15-10-13-12-6-4-3-5-11(12)7-8-14(13)16/h3-8,15-16H,2,9-10H2,1H3. The maximum Gasteiger partial charge on any atom is 0.120 e. The highest BCUT2D eigenvalue weighted by Gasteiger charge is 2.05. The van der Waals surface area contributed by atoms with Gasteiger partial charge in [0.15, 0.2) is 0 Å². The van der Waals surface area contributed by atoms with Gasteiger partial charge in [-0.25, -0.2) is 0 Å². The molecule has 0 atom stereocenters. The Morgan fingerprint density at radius 2 is 1.94 bits per heavy atom. The fourth-order valence-corrected chi connectivity index (χ4v) is 1.90. The third kappa shape index (κ3) is 2.17. The van der Waals surface area contributed by atoms with E-state index in [1.54, 1.807) is 6.07 Å². The lowest BCUT2D eigenvalue weighted by Gasteiger charge is -2.09. The van der Waals surface area contributed by atoms with Crippen LogP contribution in [-0.2, 0) is 6.54 Å². The van der Waals surface area contributed by atoms with Crippen LogP contribution in [0.3, 0.4) is 0 Å². The Balaban J connectivity index is 2.37. The van der Waals surface area contributed by atoms with Gasteiger partial charge in [-0.3, -0.25) is 0 Å². The van der Waals surface area contributed by atoms with E-state index in [1.807, 2.05) is 18.2 Å². The van der Waals surface area contributed by atoms with Gasteiger partial charge in [0.05, 0.1) is 0 Å². The van der Waals surface area contributed by atoms with Crippen molar-refractivity contribution in [3.63, 3.8) is 0 Å². The van der Waals surface area contributed by atoms with Crippen LogP contribution in [0.1, 0.15) is 18.9 Å². The van der Waals surface area contributed by atoms with E-state index in [0.29, 0.717) is 5.75 Å². The molecule has 0 heterocycles. The minimum Gasteiger partial charge on any atom is -0.508 e. The predicted octanol–water partition coefficient (Wildman–Crippen LogP) is 3.05. The molecule has 16 heavy (non-hydrogen) atoms. The minimum atomic E-state index is 0.377. The third-order valence-electron chi connectivity index (χ3n) is 2.74. The number of nitrogens with one attached hydrogen (secondary N) is 1. The van der Waals surface area contributed by atoms with Crippen LogP contribution in [-0.4, -0.2) is 11.7 Å². The Kier molecular flexibility index (Phi) is 3.42. The van der Waals surface area contributed by atoms with Crippen molar-refractivity contribution in [2.45, 2.75) is 19.9 Å². The molecule has 2 N–H and O–H groups in total. The molecule has 0 saturated carbocycles. The SMILES string of the molecule is CCCNCc1c(O)ccc2ccccc12. The molecule has 0 aromatic heterocycles. The molecule has 0 bridgehead atoms. The highest BCUT2D eigenvalue weighted by atomic mass is 16.3. The summed E-state index contributed by atoms with van der Waals surface area (Å²) in [6.45, 7) is 3.83. The lowest BCUT2D eigenvalue weighted by molar-refractivity contribution is 0.466. The first-order valence-corrected chi connectivity index (χ1v) is 5.73. The fourth-order valence-electron chi connectivity index (χ4n) is 1.90. The van der Waals surface area contributed by atoms with Crippen LogP contribution in [0.2, 0.25) is 0 Å². The lowest BCUT2D eigenvalue weighted by atomic mass is 10.0. The summed E-state index contributed by atoms with van der Waals surface area (Å²) in [6.07, 6.45) is 1.10. The van der Waals surface area contributed by atoms with Crippen molar-refractivity contribution in [1.29, 1.82) is 0 Å². The first-order valence-electron chi connectivity index (χ1n) is 5.73. The number of rotatable bonds is 4. The Bertz CT molecular complexity index is 479. The molecule has 2 heteroatoms. The highest BCUT2D eigenvalue weighted by Crippen LogP contribution is 2.26. The van der Waals surface area contributed by atoms with Gasteiger partial charge in [-0.05, 0) is 29.8 Å². The molecule has 0 radical (unpaired) electrons. The summed E-state index contributed by atoms with van der Waals surface area (Å²) in [5.74, 6) is 0.377. The van der Waals surface area contributed by atoms with E-state index in [4.69, 9.17) is 0 Å². The molecule has 2 rings (SSSR count). The summed E-state index contributed by atoms with van der Waals surface area (Å²) in [6, 6.07) is 11.9. The zero-order valence-corrected chi connectivity index (χ0v) is 9.53. The maximum atomic E-state index is 9.87. The topological polar surface area (TPSA) is 32.3 Å². The number of aromatic hydroxyl groups is 1. The number of fused-ring (bicyclic) bond motifs is 1. The number of hydrogen-bond donors (Lipinski definition) is 2. The number of phenols is 1. The molecule has 0 spiro atoms. The van der Waals surface area contributed by atoms with E-state index in [1.165, 1.54) is 5.39 Å². The van der Waals surface area contributed by atoms with Gasteiger partial charge < -0.3 is 10.4 Å². The van der Waals surface area contributed by atoms with Crippen molar-refractivity contribution in [2.75, 3.05) is 6.54 Å². The smallest absolute Gasteiger partial charge is 0.120 e. The van der Waals surface area contributed by atoms with Crippen molar-refractivity contribution in [3.8, 4) is 5.75 Å². The van der Waals surface area contributed by atoms with Crippen molar-refractivity contribution >= 4 is 10.8 Å². The number of benzene rings is 2. The van der Waals surface area contributed by atoms with Gasteiger partial charge in [-0.2, -0.15) is 0 Å². The summed E-state index contributed by atoms with van der Waals surface area (Å²) < 4.78 is 0. The van der Waals surface area contributed by atoms with Crippen molar-refractivity contribution in [2.24, 2.45) is 0 Å². The fraction of sp³-hybridized carbons (Fsp3) is 0.286. The van der Waals surface area contributed by atoms with Crippen LogP contribution in [0, 0.1) is 0 Å². The lowest BCUT2D eigenvalue weighted by Crippen LogP contribution is -2.14.